The summed E-state index contributed by atoms with van der Waals surface area (Å²) in [6.07, 6.45) is 0. The summed E-state index contributed by atoms with van der Waals surface area (Å²) >= 11 is 1.64. The first-order valence-electron chi connectivity index (χ1n) is 6.59. The van der Waals surface area contributed by atoms with Crippen molar-refractivity contribution >= 4 is 17.4 Å². The van der Waals surface area contributed by atoms with Gasteiger partial charge in [-0.15, -0.1) is 16.9 Å². The maximum absolute atomic E-state index is 5.94. The molecule has 0 saturated carbocycles. The van der Waals surface area contributed by atoms with E-state index >= 15 is 0 Å². The average Bonchev–Trinajstić information content (AvgIpc) is 2.95. The fraction of sp³-hybridized carbons (Fsp3) is 0.133. The Morgan fingerprint density at radius 3 is 2.57 bits per heavy atom. The molecule has 0 saturated heterocycles. The van der Waals surface area contributed by atoms with E-state index in [9.17, 15) is 0 Å². The van der Waals surface area contributed by atoms with Crippen LogP contribution in [0.15, 0.2) is 59.5 Å². The van der Waals surface area contributed by atoms with Crippen LogP contribution in [0, 0.1) is 0 Å². The van der Waals surface area contributed by atoms with E-state index in [1.807, 2.05) is 47.1 Å². The van der Waals surface area contributed by atoms with Crippen molar-refractivity contribution in [3.63, 3.8) is 0 Å². The minimum atomic E-state index is 0.675. The molecule has 5 nitrogen and oxygen atoms in total. The molecule has 21 heavy (non-hydrogen) atoms. The number of hydrogen-bond acceptors (Lipinski definition) is 5. The molecule has 0 aliphatic carbocycles. The Hall–Kier alpha value is -2.34. The third-order valence-electron chi connectivity index (χ3n) is 3.06. The maximum atomic E-state index is 5.94. The molecule has 0 fully saturated rings. The Kier molecular flexibility index (Phi) is 4.16. The molecule has 0 aliphatic rings. The number of hydrogen-bond donors (Lipinski definition) is 1. The molecule has 0 bridgehead atoms. The average molecular weight is 297 g/mol. The first-order chi connectivity index (χ1) is 10.3. The van der Waals surface area contributed by atoms with Crippen molar-refractivity contribution in [2.75, 3.05) is 5.73 Å². The molecule has 106 valence electrons. The number of rotatable bonds is 5. The zero-order valence-electron chi connectivity index (χ0n) is 11.4. The zero-order valence-corrected chi connectivity index (χ0v) is 12.2. The fourth-order valence-electron chi connectivity index (χ4n) is 1.96. The van der Waals surface area contributed by atoms with Gasteiger partial charge >= 0.3 is 0 Å². The molecule has 6 heteroatoms. The van der Waals surface area contributed by atoms with Crippen molar-refractivity contribution in [3.05, 3.63) is 66.0 Å². The topological polar surface area (TPSA) is 69.6 Å². The quantitative estimate of drug-likeness (QED) is 0.579. The molecule has 1 heterocycles. The molecule has 0 spiro atoms. The normalized spacial score (nSPS) is 10.7. The van der Waals surface area contributed by atoms with E-state index in [-0.39, 0.29) is 0 Å². The van der Waals surface area contributed by atoms with E-state index in [1.165, 1.54) is 5.56 Å². The molecule has 0 amide bonds. The van der Waals surface area contributed by atoms with Gasteiger partial charge in [0.1, 0.15) is 0 Å². The zero-order chi connectivity index (χ0) is 14.5. The first-order valence-corrected chi connectivity index (χ1v) is 7.58. The van der Waals surface area contributed by atoms with Gasteiger partial charge in [0, 0.05) is 10.6 Å². The Labute approximate surface area is 127 Å². The van der Waals surface area contributed by atoms with Crippen molar-refractivity contribution in [2.24, 2.45) is 0 Å². The predicted octanol–water partition coefficient (Wildman–Crippen LogP) is 2.60. The van der Waals surface area contributed by atoms with Crippen LogP contribution in [0.25, 0.3) is 0 Å². The smallest absolute Gasteiger partial charge is 0.161 e. The summed E-state index contributed by atoms with van der Waals surface area (Å²) in [5, 5.41) is 11.9. The van der Waals surface area contributed by atoms with Gasteiger partial charge in [-0.25, -0.2) is 4.68 Å². The molecular formula is C15H15N5S. The number of aromatic nitrogens is 4. The first kappa shape index (κ1) is 13.6. The molecule has 0 aliphatic heterocycles. The van der Waals surface area contributed by atoms with E-state index in [2.05, 4.69) is 27.7 Å². The Balaban J connectivity index is 1.70. The second-order valence-corrected chi connectivity index (χ2v) is 5.58. The summed E-state index contributed by atoms with van der Waals surface area (Å²) in [5.41, 5.74) is 7.90. The van der Waals surface area contributed by atoms with Gasteiger partial charge in [0.2, 0.25) is 0 Å². The standard InChI is InChI=1S/C15H15N5S/c16-13-8-4-5-9-14(13)21-11-15-17-18-19-20(15)10-12-6-2-1-3-7-12/h1-9H,10-11,16H2. The van der Waals surface area contributed by atoms with Crippen molar-refractivity contribution in [1.29, 1.82) is 0 Å². The second kappa shape index (κ2) is 6.41. The minimum Gasteiger partial charge on any atom is -0.398 e. The summed E-state index contributed by atoms with van der Waals surface area (Å²) < 4.78 is 1.82. The van der Waals surface area contributed by atoms with Crippen LogP contribution in [0.1, 0.15) is 11.4 Å². The van der Waals surface area contributed by atoms with Crippen LogP contribution in [0.3, 0.4) is 0 Å². The highest BCUT2D eigenvalue weighted by atomic mass is 32.2. The van der Waals surface area contributed by atoms with Gasteiger partial charge in [-0.05, 0) is 28.1 Å². The Bertz CT molecular complexity index is 711. The van der Waals surface area contributed by atoms with Crippen molar-refractivity contribution in [1.82, 2.24) is 20.2 Å². The number of para-hydroxylation sites is 1. The lowest BCUT2D eigenvalue weighted by Gasteiger charge is -2.06. The highest BCUT2D eigenvalue weighted by Gasteiger charge is 2.08. The van der Waals surface area contributed by atoms with Crippen LogP contribution in [-0.4, -0.2) is 20.2 Å². The van der Waals surface area contributed by atoms with Crippen molar-refractivity contribution < 1.29 is 0 Å². The monoisotopic (exact) mass is 297 g/mol. The van der Waals surface area contributed by atoms with Crippen LogP contribution in [0.4, 0.5) is 5.69 Å². The Morgan fingerprint density at radius 1 is 1.00 bits per heavy atom. The molecule has 0 unspecified atom stereocenters. The van der Waals surface area contributed by atoms with E-state index in [0.717, 1.165) is 16.4 Å². The van der Waals surface area contributed by atoms with E-state index in [0.29, 0.717) is 12.3 Å². The molecule has 0 atom stereocenters. The van der Waals surface area contributed by atoms with Gasteiger partial charge in [0.15, 0.2) is 5.82 Å². The van der Waals surface area contributed by atoms with Crippen LogP contribution >= 0.6 is 11.8 Å². The SMILES string of the molecule is Nc1ccccc1SCc1nnnn1Cc1ccccc1. The van der Waals surface area contributed by atoms with Gasteiger partial charge in [-0.3, -0.25) is 0 Å². The highest BCUT2D eigenvalue weighted by Crippen LogP contribution is 2.26. The van der Waals surface area contributed by atoms with Crippen LogP contribution in [0.5, 0.6) is 0 Å². The lowest BCUT2D eigenvalue weighted by atomic mass is 10.2. The molecule has 3 aromatic rings. The maximum Gasteiger partial charge on any atom is 0.161 e. The number of nitrogens with two attached hydrogens (primary N) is 1. The molecule has 2 aromatic carbocycles. The summed E-state index contributed by atoms with van der Waals surface area (Å²) in [4.78, 5) is 1.05. The van der Waals surface area contributed by atoms with Crippen molar-refractivity contribution in [2.45, 2.75) is 17.2 Å². The predicted molar refractivity (Wildman–Crippen MR) is 83.8 cm³/mol. The molecular weight excluding hydrogens is 282 g/mol. The van der Waals surface area contributed by atoms with Gasteiger partial charge in [0.05, 0.1) is 12.3 Å². The van der Waals surface area contributed by atoms with Crippen LogP contribution in [-0.2, 0) is 12.3 Å². The summed E-state index contributed by atoms with van der Waals surface area (Å²) in [6, 6.07) is 18.0. The van der Waals surface area contributed by atoms with E-state index < -0.39 is 0 Å². The number of nitrogens with zero attached hydrogens (tertiary/aromatic N) is 4. The molecule has 0 radical (unpaired) electrons. The molecule has 1 aromatic heterocycles. The third kappa shape index (κ3) is 3.41. The Morgan fingerprint density at radius 2 is 1.76 bits per heavy atom. The summed E-state index contributed by atoms with van der Waals surface area (Å²) in [5.74, 6) is 1.53. The van der Waals surface area contributed by atoms with E-state index in [1.54, 1.807) is 11.8 Å². The number of anilines is 1. The minimum absolute atomic E-state index is 0.675. The van der Waals surface area contributed by atoms with Gasteiger partial charge in [-0.2, -0.15) is 0 Å². The molecule has 3 rings (SSSR count). The van der Waals surface area contributed by atoms with E-state index in [4.69, 9.17) is 5.73 Å². The largest absolute Gasteiger partial charge is 0.398 e. The number of benzene rings is 2. The van der Waals surface area contributed by atoms with Crippen molar-refractivity contribution in [3.8, 4) is 0 Å². The number of thioether (sulfide) groups is 1. The van der Waals surface area contributed by atoms with Crippen LogP contribution in [0.2, 0.25) is 0 Å². The molecule has 2 N–H and O–H groups in total. The lowest BCUT2D eigenvalue weighted by molar-refractivity contribution is 0.631. The summed E-state index contributed by atoms with van der Waals surface area (Å²) in [7, 11) is 0. The third-order valence-corrected chi connectivity index (χ3v) is 4.14. The second-order valence-electron chi connectivity index (χ2n) is 4.56. The highest BCUT2D eigenvalue weighted by molar-refractivity contribution is 7.98. The van der Waals surface area contributed by atoms with Gasteiger partial charge < -0.3 is 5.73 Å². The lowest BCUT2D eigenvalue weighted by Crippen LogP contribution is -2.06. The van der Waals surface area contributed by atoms with Gasteiger partial charge in [0.25, 0.3) is 0 Å². The number of nitrogen functional groups attached to an aromatic ring is 1. The van der Waals surface area contributed by atoms with Gasteiger partial charge in [-0.1, -0.05) is 42.5 Å². The number of tetrazole rings is 1. The summed E-state index contributed by atoms with van der Waals surface area (Å²) in [6.45, 7) is 0.675. The fourth-order valence-corrected chi connectivity index (χ4v) is 2.86. The van der Waals surface area contributed by atoms with Crippen LogP contribution < -0.4 is 5.73 Å².